The van der Waals surface area contributed by atoms with Crippen molar-refractivity contribution >= 4 is 23.2 Å². The monoisotopic (exact) mass is 350 g/mol. The third-order valence-corrected chi connectivity index (χ3v) is 6.33. The first-order valence-electron chi connectivity index (χ1n) is 9.10. The minimum atomic E-state index is -0.511. The van der Waals surface area contributed by atoms with Crippen LogP contribution in [0.15, 0.2) is 47.6 Å². The van der Waals surface area contributed by atoms with E-state index in [1.807, 2.05) is 0 Å². The predicted octanol–water partition coefficient (Wildman–Crippen LogP) is 3.39. The number of carbonyl (C=O) groups is 2. The number of rotatable bonds is 2. The molecule has 3 aliphatic carbocycles. The maximum absolute atomic E-state index is 13.1. The number of carbonyl (C=O) groups excluding carboxylic acids is 2. The van der Waals surface area contributed by atoms with E-state index < -0.39 is 4.92 Å². The molecule has 0 N–H and O–H groups in total. The fourth-order valence-corrected chi connectivity index (χ4v) is 5.33. The molecule has 26 heavy (non-hydrogen) atoms. The number of non-ortho nitro benzene ring substituents is 1. The van der Waals surface area contributed by atoms with Crippen LogP contribution in [0, 0.1) is 33.8 Å². The average molecular weight is 350 g/mol. The average Bonchev–Trinajstić information content (AvgIpc) is 3.38. The molecule has 2 bridgehead atoms. The first-order chi connectivity index (χ1) is 12.6. The van der Waals surface area contributed by atoms with E-state index in [1.54, 1.807) is 6.07 Å². The van der Waals surface area contributed by atoms with Gasteiger partial charge in [0.15, 0.2) is 0 Å². The van der Waals surface area contributed by atoms with Gasteiger partial charge in [-0.25, -0.2) is 4.90 Å². The maximum atomic E-state index is 13.1. The van der Waals surface area contributed by atoms with Gasteiger partial charge in [-0.2, -0.15) is 0 Å². The summed E-state index contributed by atoms with van der Waals surface area (Å²) in [5, 5.41) is 11.0. The zero-order chi connectivity index (χ0) is 18.0. The lowest BCUT2D eigenvalue weighted by Gasteiger charge is -2.19. The van der Waals surface area contributed by atoms with Gasteiger partial charge in [-0.1, -0.05) is 29.4 Å². The van der Waals surface area contributed by atoms with Crippen LogP contribution in [0.4, 0.5) is 11.4 Å². The zero-order valence-corrected chi connectivity index (χ0v) is 14.1. The number of fused-ring (bicyclic) bond motifs is 5. The Hall–Kier alpha value is -2.76. The number of anilines is 1. The van der Waals surface area contributed by atoms with E-state index in [9.17, 15) is 19.7 Å². The molecule has 132 valence electrons. The van der Waals surface area contributed by atoms with Crippen LogP contribution in [0.25, 0.3) is 0 Å². The number of allylic oxidation sites excluding steroid dienone is 4. The summed E-state index contributed by atoms with van der Waals surface area (Å²) in [6.07, 6.45) is 8.73. The van der Waals surface area contributed by atoms with Gasteiger partial charge in [0.1, 0.15) is 0 Å². The van der Waals surface area contributed by atoms with Crippen molar-refractivity contribution < 1.29 is 14.5 Å². The topological polar surface area (TPSA) is 80.5 Å². The Kier molecular flexibility index (Phi) is 3.20. The van der Waals surface area contributed by atoms with Gasteiger partial charge in [-0.05, 0) is 31.7 Å². The summed E-state index contributed by atoms with van der Waals surface area (Å²) in [5.41, 5.74) is 2.95. The lowest BCUT2D eigenvalue weighted by Crippen LogP contribution is -2.33. The van der Waals surface area contributed by atoms with Crippen LogP contribution < -0.4 is 4.90 Å². The summed E-state index contributed by atoms with van der Waals surface area (Å²) in [4.78, 5) is 37.9. The summed E-state index contributed by atoms with van der Waals surface area (Å²) in [6, 6.07) is 5.78. The Labute approximate surface area is 150 Å². The maximum Gasteiger partial charge on any atom is 0.271 e. The molecule has 0 radical (unpaired) electrons. The number of hydrogen-bond acceptors (Lipinski definition) is 4. The second kappa shape index (κ2) is 5.37. The normalized spacial score (nSPS) is 32.1. The first kappa shape index (κ1) is 15.5. The Morgan fingerprint density at radius 3 is 2.19 bits per heavy atom. The fourth-order valence-electron chi connectivity index (χ4n) is 5.33. The zero-order valence-electron chi connectivity index (χ0n) is 14.1. The standard InChI is InChI=1S/C20H18N2O4/c23-19-17-14-8-9-15(16(14)11-4-1-2-5-11)18(17)20(24)21(19)12-6-3-7-13(10-12)22(25)26/h3,6-10,14-15,17-18H,1-2,4-5H2/t14-,15-,17-,18-/m0/s1. The summed E-state index contributed by atoms with van der Waals surface area (Å²) in [6.45, 7) is 0. The highest BCUT2D eigenvalue weighted by Crippen LogP contribution is 2.58. The molecule has 3 fully saturated rings. The van der Waals surface area contributed by atoms with Crippen molar-refractivity contribution in [2.24, 2.45) is 23.7 Å². The van der Waals surface area contributed by atoms with Crippen molar-refractivity contribution in [1.29, 1.82) is 0 Å². The number of nitro benzene ring substituents is 1. The first-order valence-corrected chi connectivity index (χ1v) is 9.10. The number of imide groups is 1. The third kappa shape index (κ3) is 1.92. The van der Waals surface area contributed by atoms with E-state index in [0.717, 1.165) is 12.8 Å². The number of hydrogen-bond donors (Lipinski definition) is 0. The number of nitro groups is 1. The molecule has 2 amide bonds. The van der Waals surface area contributed by atoms with Crippen LogP contribution in [0.2, 0.25) is 0 Å². The van der Waals surface area contributed by atoms with E-state index in [-0.39, 0.29) is 41.2 Å². The van der Waals surface area contributed by atoms with E-state index in [1.165, 1.54) is 47.1 Å². The molecule has 4 aliphatic rings. The van der Waals surface area contributed by atoms with Gasteiger partial charge in [0.25, 0.3) is 5.69 Å². The van der Waals surface area contributed by atoms with Gasteiger partial charge in [-0.3, -0.25) is 19.7 Å². The van der Waals surface area contributed by atoms with E-state index in [0.29, 0.717) is 5.69 Å². The molecule has 1 saturated heterocycles. The van der Waals surface area contributed by atoms with Crippen molar-refractivity contribution in [2.75, 3.05) is 4.90 Å². The summed E-state index contributed by atoms with van der Waals surface area (Å²) in [5.74, 6) is -1.07. The van der Waals surface area contributed by atoms with Gasteiger partial charge in [-0.15, -0.1) is 0 Å². The van der Waals surface area contributed by atoms with E-state index in [4.69, 9.17) is 0 Å². The number of amides is 2. The van der Waals surface area contributed by atoms with Crippen LogP contribution in [0.1, 0.15) is 25.7 Å². The predicted molar refractivity (Wildman–Crippen MR) is 94.2 cm³/mol. The quantitative estimate of drug-likeness (QED) is 0.354. The molecule has 2 saturated carbocycles. The molecule has 4 atom stereocenters. The highest BCUT2D eigenvalue weighted by Gasteiger charge is 2.62. The molecular formula is C20H18N2O4. The Morgan fingerprint density at radius 1 is 1.00 bits per heavy atom. The lowest BCUT2D eigenvalue weighted by atomic mass is 9.85. The van der Waals surface area contributed by atoms with E-state index in [2.05, 4.69) is 12.2 Å². The Balaban J connectivity index is 1.54. The van der Waals surface area contributed by atoms with Gasteiger partial charge in [0.2, 0.25) is 11.8 Å². The minimum absolute atomic E-state index is 0.0262. The molecule has 0 spiro atoms. The van der Waals surface area contributed by atoms with Crippen molar-refractivity contribution in [3.63, 3.8) is 0 Å². The van der Waals surface area contributed by atoms with Crippen LogP contribution in [-0.2, 0) is 9.59 Å². The largest absolute Gasteiger partial charge is 0.274 e. The third-order valence-electron chi connectivity index (χ3n) is 6.33. The molecule has 0 aromatic heterocycles. The summed E-state index contributed by atoms with van der Waals surface area (Å²) < 4.78 is 0. The fraction of sp³-hybridized carbons (Fsp3) is 0.400. The summed E-state index contributed by atoms with van der Waals surface area (Å²) >= 11 is 0. The second-order valence-corrected chi connectivity index (χ2v) is 7.54. The van der Waals surface area contributed by atoms with Gasteiger partial charge in [0.05, 0.1) is 22.4 Å². The SMILES string of the molecule is O=C1[C@@H]2[C@@H](C(=O)N1c1cccc([N+](=O)[O-])c1)[C@H]1C=C[C@H]2C1=C1CCCC1. The van der Waals surface area contributed by atoms with Crippen molar-refractivity contribution in [1.82, 2.24) is 0 Å². The van der Waals surface area contributed by atoms with Crippen molar-refractivity contribution in [2.45, 2.75) is 25.7 Å². The molecule has 1 heterocycles. The van der Waals surface area contributed by atoms with Crippen molar-refractivity contribution in [3.05, 3.63) is 57.7 Å². The molecule has 1 aliphatic heterocycles. The second-order valence-electron chi connectivity index (χ2n) is 7.54. The van der Waals surface area contributed by atoms with Crippen LogP contribution in [-0.4, -0.2) is 16.7 Å². The van der Waals surface area contributed by atoms with E-state index >= 15 is 0 Å². The van der Waals surface area contributed by atoms with Crippen LogP contribution in [0.5, 0.6) is 0 Å². The molecule has 6 nitrogen and oxygen atoms in total. The lowest BCUT2D eigenvalue weighted by molar-refractivity contribution is -0.384. The molecule has 1 aromatic rings. The van der Waals surface area contributed by atoms with Gasteiger partial charge < -0.3 is 0 Å². The highest BCUT2D eigenvalue weighted by molar-refractivity contribution is 6.23. The molecule has 0 unspecified atom stereocenters. The minimum Gasteiger partial charge on any atom is -0.274 e. The smallest absolute Gasteiger partial charge is 0.271 e. The molecular weight excluding hydrogens is 332 g/mol. The summed E-state index contributed by atoms with van der Waals surface area (Å²) in [7, 11) is 0. The van der Waals surface area contributed by atoms with Crippen LogP contribution in [0.3, 0.4) is 0 Å². The Bertz CT molecular complexity index is 874. The van der Waals surface area contributed by atoms with Crippen molar-refractivity contribution in [3.8, 4) is 0 Å². The molecule has 1 aromatic carbocycles. The highest BCUT2D eigenvalue weighted by atomic mass is 16.6. The van der Waals surface area contributed by atoms with Gasteiger partial charge in [0, 0.05) is 24.0 Å². The number of benzene rings is 1. The Morgan fingerprint density at radius 2 is 1.62 bits per heavy atom. The van der Waals surface area contributed by atoms with Gasteiger partial charge >= 0.3 is 0 Å². The molecule has 6 heteroatoms. The number of nitrogens with zero attached hydrogens (tertiary/aromatic N) is 2. The van der Waals surface area contributed by atoms with Crippen LogP contribution >= 0.6 is 0 Å². The molecule has 5 rings (SSSR count).